The topological polar surface area (TPSA) is 121 Å². The van der Waals surface area contributed by atoms with Gasteiger partial charge in [-0.2, -0.15) is 0 Å². The molecule has 0 atom stereocenters. The number of nitrogens with one attached hydrogen (secondary N) is 2. The van der Waals surface area contributed by atoms with Crippen LogP contribution in [0.25, 0.3) is 11.3 Å². The Morgan fingerprint density at radius 2 is 1.76 bits per heavy atom. The lowest BCUT2D eigenvalue weighted by Crippen LogP contribution is -2.43. The average molecular weight is 511 g/mol. The Morgan fingerprint density at radius 3 is 2.50 bits per heavy atom. The van der Waals surface area contributed by atoms with Crippen LogP contribution in [0.1, 0.15) is 21.5 Å². The summed E-state index contributed by atoms with van der Waals surface area (Å²) in [5.74, 6) is 0.333. The van der Waals surface area contributed by atoms with E-state index < -0.39 is 0 Å². The SMILES string of the molecule is Cc1ccc(NC(=O)c2ccc(CN3CCN(C)CC3)cc2)cc1Nc1nccc(-c2cccnc2)n1.N. The van der Waals surface area contributed by atoms with Crippen LogP contribution < -0.4 is 16.8 Å². The summed E-state index contributed by atoms with van der Waals surface area (Å²) in [6, 6.07) is 19.3. The van der Waals surface area contributed by atoms with E-state index in [1.807, 2.05) is 67.6 Å². The number of hydrogen-bond acceptors (Lipinski definition) is 8. The van der Waals surface area contributed by atoms with Gasteiger partial charge in [-0.1, -0.05) is 18.2 Å². The molecule has 0 bridgehead atoms. The second-order valence-corrected chi connectivity index (χ2v) is 9.39. The van der Waals surface area contributed by atoms with Crippen LogP contribution in [-0.4, -0.2) is 63.9 Å². The standard InChI is InChI=1S/C29H31N7O.H3N/c1-21-5-10-25(18-27(21)34-29-31-13-11-26(33-29)24-4-3-12-30-19-24)32-28(37)23-8-6-22(7-9-23)20-36-16-14-35(2)15-17-36;/h3-13,18-19H,14-17,20H2,1-2H3,(H,32,37)(H,31,33,34);1H3. The first kappa shape index (κ1) is 26.9. The number of pyridine rings is 1. The van der Waals surface area contributed by atoms with Crippen molar-refractivity contribution in [1.82, 2.24) is 30.9 Å². The minimum absolute atomic E-state index is 0. The van der Waals surface area contributed by atoms with Crippen molar-refractivity contribution in [2.45, 2.75) is 13.5 Å². The molecule has 5 rings (SSSR count). The van der Waals surface area contributed by atoms with Gasteiger partial charge in [0.2, 0.25) is 5.95 Å². The van der Waals surface area contributed by atoms with E-state index >= 15 is 0 Å². The number of likely N-dealkylation sites (N-methyl/N-ethyl adjacent to an activating group) is 1. The first-order chi connectivity index (χ1) is 18.0. The van der Waals surface area contributed by atoms with Gasteiger partial charge < -0.3 is 21.7 Å². The molecule has 9 heteroatoms. The summed E-state index contributed by atoms with van der Waals surface area (Å²) in [6.07, 6.45) is 5.22. The first-order valence-electron chi connectivity index (χ1n) is 12.5. The maximum atomic E-state index is 12.9. The number of anilines is 3. The number of aromatic nitrogens is 3. The lowest BCUT2D eigenvalue weighted by molar-refractivity contribution is 0.102. The molecule has 9 nitrogen and oxygen atoms in total. The highest BCUT2D eigenvalue weighted by atomic mass is 16.1. The Kier molecular flexibility index (Phi) is 8.75. The summed E-state index contributed by atoms with van der Waals surface area (Å²) in [6.45, 7) is 7.24. The van der Waals surface area contributed by atoms with E-state index in [0.717, 1.165) is 55.2 Å². The van der Waals surface area contributed by atoms with Crippen LogP contribution in [-0.2, 0) is 6.54 Å². The molecule has 0 saturated carbocycles. The van der Waals surface area contributed by atoms with Gasteiger partial charge in [0.15, 0.2) is 0 Å². The fourth-order valence-electron chi connectivity index (χ4n) is 4.28. The number of nitrogens with zero attached hydrogens (tertiary/aromatic N) is 5. The minimum atomic E-state index is -0.143. The van der Waals surface area contributed by atoms with E-state index in [2.05, 4.69) is 42.4 Å². The van der Waals surface area contributed by atoms with Gasteiger partial charge in [0.05, 0.1) is 5.69 Å². The number of aryl methyl sites for hydroxylation is 1. The predicted octanol–water partition coefficient (Wildman–Crippen LogP) is 4.75. The number of piperazine rings is 1. The third-order valence-corrected chi connectivity index (χ3v) is 6.57. The number of carbonyl (C=O) groups excluding carboxylic acids is 1. The zero-order chi connectivity index (χ0) is 25.6. The first-order valence-corrected chi connectivity index (χ1v) is 12.5. The van der Waals surface area contributed by atoms with E-state index in [4.69, 9.17) is 0 Å². The van der Waals surface area contributed by atoms with Crippen molar-refractivity contribution in [1.29, 1.82) is 0 Å². The van der Waals surface area contributed by atoms with Gasteiger partial charge in [0.25, 0.3) is 5.91 Å². The minimum Gasteiger partial charge on any atom is -0.344 e. The highest BCUT2D eigenvalue weighted by Crippen LogP contribution is 2.24. The molecule has 2 aromatic carbocycles. The Morgan fingerprint density at radius 1 is 0.974 bits per heavy atom. The van der Waals surface area contributed by atoms with E-state index in [0.29, 0.717) is 17.2 Å². The quantitative estimate of drug-likeness (QED) is 0.326. The summed E-state index contributed by atoms with van der Waals surface area (Å²) in [7, 11) is 2.16. The van der Waals surface area contributed by atoms with Crippen molar-refractivity contribution in [2.24, 2.45) is 0 Å². The molecule has 1 aliphatic rings. The molecule has 38 heavy (non-hydrogen) atoms. The second-order valence-electron chi connectivity index (χ2n) is 9.39. The molecule has 0 radical (unpaired) electrons. The molecular formula is C29H34N8O. The van der Waals surface area contributed by atoms with Gasteiger partial charge in [0, 0.05) is 73.8 Å². The molecule has 3 heterocycles. The fourth-order valence-corrected chi connectivity index (χ4v) is 4.28. The zero-order valence-electron chi connectivity index (χ0n) is 21.9. The summed E-state index contributed by atoms with van der Waals surface area (Å²) >= 11 is 0. The molecule has 1 fully saturated rings. The van der Waals surface area contributed by atoms with E-state index in [1.54, 1.807) is 18.6 Å². The predicted molar refractivity (Wildman–Crippen MR) is 152 cm³/mol. The number of carbonyl (C=O) groups is 1. The normalized spacial score (nSPS) is 13.9. The van der Waals surface area contributed by atoms with Crippen LogP contribution in [0.15, 0.2) is 79.3 Å². The average Bonchev–Trinajstić information content (AvgIpc) is 2.93. The van der Waals surface area contributed by atoms with Crippen molar-refractivity contribution in [2.75, 3.05) is 43.9 Å². The van der Waals surface area contributed by atoms with E-state index in [9.17, 15) is 4.79 Å². The monoisotopic (exact) mass is 510 g/mol. The highest BCUT2D eigenvalue weighted by Gasteiger charge is 2.14. The Balaban J connectivity index is 0.00000336. The molecule has 0 unspecified atom stereocenters. The van der Waals surface area contributed by atoms with Crippen molar-refractivity contribution < 1.29 is 4.79 Å². The van der Waals surface area contributed by atoms with Gasteiger partial charge in [-0.25, -0.2) is 9.97 Å². The summed E-state index contributed by atoms with van der Waals surface area (Å²) in [4.78, 5) is 30.9. The van der Waals surface area contributed by atoms with Crippen molar-refractivity contribution in [3.63, 3.8) is 0 Å². The molecule has 4 aromatic rings. The van der Waals surface area contributed by atoms with Crippen molar-refractivity contribution in [3.8, 4) is 11.3 Å². The van der Waals surface area contributed by atoms with E-state index in [1.165, 1.54) is 5.56 Å². The molecule has 0 spiro atoms. The zero-order valence-corrected chi connectivity index (χ0v) is 21.9. The Bertz CT molecular complexity index is 1350. The van der Waals surface area contributed by atoms with Gasteiger partial charge in [-0.15, -0.1) is 0 Å². The third kappa shape index (κ3) is 6.77. The summed E-state index contributed by atoms with van der Waals surface area (Å²) in [5.41, 5.74) is 6.08. The van der Waals surface area contributed by atoms with Crippen molar-refractivity contribution >= 4 is 23.2 Å². The fraction of sp³-hybridized carbons (Fsp3) is 0.241. The largest absolute Gasteiger partial charge is 0.344 e. The van der Waals surface area contributed by atoms with Crippen LogP contribution in [0.4, 0.5) is 17.3 Å². The second kappa shape index (κ2) is 12.4. The van der Waals surface area contributed by atoms with Crippen molar-refractivity contribution in [3.05, 3.63) is 95.9 Å². The third-order valence-electron chi connectivity index (χ3n) is 6.57. The number of benzene rings is 2. The Labute approximate surface area is 223 Å². The van der Waals surface area contributed by atoms with Crippen LogP contribution in [0.3, 0.4) is 0 Å². The summed E-state index contributed by atoms with van der Waals surface area (Å²) < 4.78 is 0. The smallest absolute Gasteiger partial charge is 0.255 e. The van der Waals surface area contributed by atoms with Gasteiger partial charge >= 0.3 is 0 Å². The molecule has 1 amide bonds. The number of amides is 1. The van der Waals surface area contributed by atoms with Crippen LogP contribution in [0.2, 0.25) is 0 Å². The van der Waals surface area contributed by atoms with Crippen LogP contribution in [0.5, 0.6) is 0 Å². The maximum Gasteiger partial charge on any atom is 0.255 e. The van der Waals surface area contributed by atoms with Gasteiger partial charge in [-0.3, -0.25) is 14.7 Å². The van der Waals surface area contributed by atoms with Crippen LogP contribution in [0, 0.1) is 6.92 Å². The van der Waals surface area contributed by atoms with Gasteiger partial charge in [0.1, 0.15) is 0 Å². The highest BCUT2D eigenvalue weighted by molar-refractivity contribution is 6.04. The molecule has 196 valence electrons. The van der Waals surface area contributed by atoms with E-state index in [-0.39, 0.29) is 12.1 Å². The molecular weight excluding hydrogens is 476 g/mol. The molecule has 1 aliphatic heterocycles. The lowest BCUT2D eigenvalue weighted by Gasteiger charge is -2.32. The number of hydrogen-bond donors (Lipinski definition) is 3. The molecule has 0 aliphatic carbocycles. The number of rotatable bonds is 7. The van der Waals surface area contributed by atoms with Gasteiger partial charge in [-0.05, 0) is 67.6 Å². The molecule has 5 N–H and O–H groups in total. The maximum absolute atomic E-state index is 12.9. The molecule has 1 saturated heterocycles. The molecule has 2 aromatic heterocycles. The van der Waals surface area contributed by atoms with Crippen LogP contribution >= 0.6 is 0 Å². The summed E-state index contributed by atoms with van der Waals surface area (Å²) in [5, 5.41) is 6.29. The lowest BCUT2D eigenvalue weighted by atomic mass is 10.1. The Hall–Kier alpha value is -4.18.